The molecule has 2 aromatic rings. The lowest BCUT2D eigenvalue weighted by Gasteiger charge is -2.14. The lowest BCUT2D eigenvalue weighted by atomic mass is 10.3. The minimum Gasteiger partial charge on any atom is -0.365 e. The number of imide groups is 1. The van der Waals surface area contributed by atoms with Crippen LogP contribution in [-0.2, 0) is 4.79 Å². The van der Waals surface area contributed by atoms with Crippen molar-refractivity contribution >= 4 is 34.3 Å². The summed E-state index contributed by atoms with van der Waals surface area (Å²) in [4.78, 5) is 25.4. The van der Waals surface area contributed by atoms with Crippen LogP contribution in [-0.4, -0.2) is 16.5 Å². The molecule has 21 heavy (non-hydrogen) atoms. The SMILES string of the molecule is O=C1S[C@H](Nc2ccccc2)C(=O)N1c1ccc(F)cc1. The molecule has 0 bridgehead atoms. The highest BCUT2D eigenvalue weighted by Gasteiger charge is 2.40. The second-order valence-electron chi connectivity index (χ2n) is 4.42. The number of anilines is 2. The molecule has 0 radical (unpaired) electrons. The molecule has 2 aromatic carbocycles. The van der Waals surface area contributed by atoms with Gasteiger partial charge in [-0.1, -0.05) is 18.2 Å². The van der Waals surface area contributed by atoms with E-state index in [1.165, 1.54) is 24.3 Å². The van der Waals surface area contributed by atoms with Crippen LogP contribution in [0.15, 0.2) is 54.6 Å². The standard InChI is InChI=1S/C15H11FN2O2S/c16-10-6-8-12(9-7-10)18-14(19)13(21-15(18)20)17-11-4-2-1-3-5-11/h1-9,13,17H/t13-/m0/s1. The Bertz CT molecular complexity index is 676. The van der Waals surface area contributed by atoms with Crippen molar-refractivity contribution in [3.05, 3.63) is 60.4 Å². The van der Waals surface area contributed by atoms with Gasteiger partial charge in [0.25, 0.3) is 11.1 Å². The second-order valence-corrected chi connectivity index (χ2v) is 5.48. The Labute approximate surface area is 124 Å². The summed E-state index contributed by atoms with van der Waals surface area (Å²) in [5, 5.41) is 1.96. The van der Waals surface area contributed by atoms with E-state index in [-0.39, 0.29) is 11.1 Å². The van der Waals surface area contributed by atoms with Crippen molar-refractivity contribution in [2.75, 3.05) is 10.2 Å². The minimum absolute atomic E-state index is 0.361. The van der Waals surface area contributed by atoms with Gasteiger partial charge >= 0.3 is 0 Å². The van der Waals surface area contributed by atoms with Crippen LogP contribution < -0.4 is 10.2 Å². The fraction of sp³-hybridized carbons (Fsp3) is 0.0667. The number of carbonyl (C=O) groups is 2. The van der Waals surface area contributed by atoms with Crippen molar-refractivity contribution in [3.63, 3.8) is 0 Å². The third-order valence-electron chi connectivity index (χ3n) is 3.00. The molecule has 3 rings (SSSR count). The van der Waals surface area contributed by atoms with E-state index in [1.54, 1.807) is 0 Å². The topological polar surface area (TPSA) is 49.4 Å². The van der Waals surface area contributed by atoms with E-state index >= 15 is 0 Å². The highest BCUT2D eigenvalue weighted by Crippen LogP contribution is 2.32. The maximum Gasteiger partial charge on any atom is 0.295 e. The number of benzene rings is 2. The number of nitrogens with one attached hydrogen (secondary N) is 1. The summed E-state index contributed by atoms with van der Waals surface area (Å²) in [5.41, 5.74) is 1.13. The predicted octanol–water partition coefficient (Wildman–Crippen LogP) is 3.46. The molecule has 1 aliphatic heterocycles. The average molecular weight is 302 g/mol. The van der Waals surface area contributed by atoms with Crippen molar-refractivity contribution in [3.8, 4) is 0 Å². The molecular weight excluding hydrogens is 291 g/mol. The first-order valence-electron chi connectivity index (χ1n) is 6.27. The molecule has 1 fully saturated rings. The molecule has 0 unspecified atom stereocenters. The molecular formula is C15H11FN2O2S. The molecule has 0 saturated carbocycles. The second kappa shape index (κ2) is 5.57. The van der Waals surface area contributed by atoms with Crippen LogP contribution in [0.4, 0.5) is 20.6 Å². The van der Waals surface area contributed by atoms with Gasteiger partial charge in [0.15, 0.2) is 5.37 Å². The first-order chi connectivity index (χ1) is 10.1. The Hall–Kier alpha value is -2.34. The third kappa shape index (κ3) is 2.75. The maximum absolute atomic E-state index is 12.9. The van der Waals surface area contributed by atoms with Gasteiger partial charge in [-0.15, -0.1) is 0 Å². The van der Waals surface area contributed by atoms with Gasteiger partial charge in [-0.05, 0) is 48.2 Å². The monoisotopic (exact) mass is 302 g/mol. The van der Waals surface area contributed by atoms with Crippen LogP contribution in [0.2, 0.25) is 0 Å². The average Bonchev–Trinajstić information content (AvgIpc) is 2.76. The van der Waals surface area contributed by atoms with Crippen LogP contribution in [0.3, 0.4) is 0 Å². The number of halogens is 1. The Morgan fingerprint density at radius 3 is 2.33 bits per heavy atom. The molecule has 1 saturated heterocycles. The largest absolute Gasteiger partial charge is 0.365 e. The number of thioether (sulfide) groups is 1. The van der Waals surface area contributed by atoms with Crippen LogP contribution in [0.25, 0.3) is 0 Å². The molecule has 106 valence electrons. The van der Waals surface area contributed by atoms with Crippen molar-refractivity contribution in [1.82, 2.24) is 0 Å². The molecule has 0 spiro atoms. The third-order valence-corrected chi connectivity index (χ3v) is 3.94. The number of carbonyl (C=O) groups excluding carboxylic acids is 2. The molecule has 1 heterocycles. The van der Waals surface area contributed by atoms with Crippen LogP contribution in [0, 0.1) is 5.82 Å². The van der Waals surface area contributed by atoms with Gasteiger partial charge < -0.3 is 5.32 Å². The molecule has 1 N–H and O–H groups in total. The minimum atomic E-state index is -0.676. The van der Waals surface area contributed by atoms with E-state index < -0.39 is 11.2 Å². The fourth-order valence-corrected chi connectivity index (χ4v) is 2.91. The zero-order valence-corrected chi connectivity index (χ0v) is 11.6. The van der Waals surface area contributed by atoms with Gasteiger partial charge in [0.05, 0.1) is 5.69 Å². The van der Waals surface area contributed by atoms with Crippen molar-refractivity contribution in [2.45, 2.75) is 5.37 Å². The van der Waals surface area contributed by atoms with Crippen LogP contribution in [0.1, 0.15) is 0 Å². The molecule has 6 heteroatoms. The summed E-state index contributed by atoms with van der Waals surface area (Å²) < 4.78 is 12.9. The number of hydrogen-bond acceptors (Lipinski definition) is 4. The number of hydrogen-bond donors (Lipinski definition) is 1. The number of nitrogens with zero attached hydrogens (tertiary/aromatic N) is 1. The first kappa shape index (κ1) is 13.6. The fourth-order valence-electron chi connectivity index (χ4n) is 2.01. The van der Waals surface area contributed by atoms with E-state index in [4.69, 9.17) is 0 Å². The molecule has 0 aliphatic carbocycles. The van der Waals surface area contributed by atoms with Gasteiger partial charge in [-0.3, -0.25) is 9.59 Å². The van der Waals surface area contributed by atoms with Crippen LogP contribution >= 0.6 is 11.8 Å². The molecule has 1 aliphatic rings. The molecule has 2 amide bonds. The highest BCUT2D eigenvalue weighted by atomic mass is 32.2. The Kier molecular flexibility index (Phi) is 3.62. The van der Waals surface area contributed by atoms with Gasteiger partial charge in [0.1, 0.15) is 5.82 Å². The summed E-state index contributed by atoms with van der Waals surface area (Å²) >= 11 is 0.908. The Morgan fingerprint density at radius 2 is 1.67 bits per heavy atom. The summed E-state index contributed by atoms with van der Waals surface area (Å²) in [5.74, 6) is -0.773. The van der Waals surface area contributed by atoms with E-state index in [9.17, 15) is 14.0 Å². The predicted molar refractivity (Wildman–Crippen MR) is 80.7 cm³/mol. The summed E-state index contributed by atoms with van der Waals surface area (Å²) in [6, 6.07) is 14.4. The smallest absolute Gasteiger partial charge is 0.295 e. The zero-order chi connectivity index (χ0) is 14.8. The lowest BCUT2D eigenvalue weighted by Crippen LogP contribution is -2.34. The highest BCUT2D eigenvalue weighted by molar-refractivity contribution is 8.16. The molecule has 1 atom stereocenters. The lowest BCUT2D eigenvalue weighted by molar-refractivity contribution is -0.116. The maximum atomic E-state index is 12.9. The Morgan fingerprint density at radius 1 is 1.00 bits per heavy atom. The van der Waals surface area contributed by atoms with E-state index in [2.05, 4.69) is 5.32 Å². The summed E-state index contributed by atoms with van der Waals surface area (Å²) in [6.07, 6.45) is 0. The summed E-state index contributed by atoms with van der Waals surface area (Å²) in [7, 11) is 0. The molecule has 4 nitrogen and oxygen atoms in total. The molecule has 0 aromatic heterocycles. The number of amides is 2. The van der Waals surface area contributed by atoms with Crippen molar-refractivity contribution in [2.24, 2.45) is 0 Å². The van der Waals surface area contributed by atoms with E-state index in [0.29, 0.717) is 5.69 Å². The zero-order valence-electron chi connectivity index (χ0n) is 10.8. The number of rotatable bonds is 3. The Balaban J connectivity index is 1.80. The van der Waals surface area contributed by atoms with Gasteiger partial charge in [-0.25, -0.2) is 9.29 Å². The van der Waals surface area contributed by atoms with Gasteiger partial charge in [0, 0.05) is 5.69 Å². The van der Waals surface area contributed by atoms with E-state index in [0.717, 1.165) is 22.3 Å². The van der Waals surface area contributed by atoms with Crippen molar-refractivity contribution < 1.29 is 14.0 Å². The van der Waals surface area contributed by atoms with Gasteiger partial charge in [0.2, 0.25) is 0 Å². The van der Waals surface area contributed by atoms with Gasteiger partial charge in [-0.2, -0.15) is 0 Å². The van der Waals surface area contributed by atoms with Crippen molar-refractivity contribution in [1.29, 1.82) is 0 Å². The normalized spacial score (nSPS) is 18.1. The van der Waals surface area contributed by atoms with Crippen LogP contribution in [0.5, 0.6) is 0 Å². The quantitative estimate of drug-likeness (QED) is 0.943. The van der Waals surface area contributed by atoms with E-state index in [1.807, 2.05) is 30.3 Å². The first-order valence-corrected chi connectivity index (χ1v) is 7.15. The summed E-state index contributed by atoms with van der Waals surface area (Å²) in [6.45, 7) is 0. The number of para-hydroxylation sites is 1.